The smallest absolute Gasteiger partial charge is 0.272 e. The molecule has 0 radical (unpaired) electrons. The molecule has 0 saturated heterocycles. The van der Waals surface area contributed by atoms with Gasteiger partial charge in [0, 0.05) is 12.6 Å². The van der Waals surface area contributed by atoms with Crippen LogP contribution in [0.4, 0.5) is 5.13 Å². The van der Waals surface area contributed by atoms with E-state index in [4.69, 9.17) is 5.73 Å². The zero-order chi connectivity index (χ0) is 13.8. The van der Waals surface area contributed by atoms with Crippen molar-refractivity contribution in [2.75, 3.05) is 12.3 Å². The lowest BCUT2D eigenvalue weighted by molar-refractivity contribution is 0.345. The van der Waals surface area contributed by atoms with E-state index in [9.17, 15) is 8.42 Å². The summed E-state index contributed by atoms with van der Waals surface area (Å²) in [6.45, 7) is 6.30. The second-order valence-corrected chi connectivity index (χ2v) is 7.40. The van der Waals surface area contributed by atoms with Crippen LogP contribution in [0.2, 0.25) is 0 Å². The Bertz CT molecular complexity index is 470. The largest absolute Gasteiger partial charge is 0.374 e. The average Bonchev–Trinajstić information content (AvgIpc) is 2.71. The first-order valence-electron chi connectivity index (χ1n) is 6.00. The third-order valence-corrected chi connectivity index (χ3v) is 5.68. The van der Waals surface area contributed by atoms with Gasteiger partial charge in [0.2, 0.25) is 9.47 Å². The van der Waals surface area contributed by atoms with Crippen molar-refractivity contribution < 1.29 is 8.42 Å². The minimum Gasteiger partial charge on any atom is -0.374 e. The maximum atomic E-state index is 12.4. The van der Waals surface area contributed by atoms with Gasteiger partial charge < -0.3 is 5.73 Å². The Morgan fingerprint density at radius 3 is 2.44 bits per heavy atom. The molecule has 0 spiro atoms. The van der Waals surface area contributed by atoms with Crippen LogP contribution in [0.1, 0.15) is 40.0 Å². The molecule has 0 aliphatic rings. The molecule has 0 atom stereocenters. The number of sulfonamides is 1. The summed E-state index contributed by atoms with van der Waals surface area (Å²) >= 11 is 0.906. The van der Waals surface area contributed by atoms with E-state index in [2.05, 4.69) is 17.1 Å². The van der Waals surface area contributed by atoms with E-state index < -0.39 is 10.0 Å². The first kappa shape index (κ1) is 15.3. The number of hydrogen-bond acceptors (Lipinski definition) is 6. The number of rotatable bonds is 7. The molecular formula is C10H20N4O2S2. The van der Waals surface area contributed by atoms with Gasteiger partial charge in [-0.25, -0.2) is 8.42 Å². The molecule has 104 valence electrons. The lowest BCUT2D eigenvalue weighted by Crippen LogP contribution is -2.37. The zero-order valence-electron chi connectivity index (χ0n) is 11.0. The van der Waals surface area contributed by atoms with Crippen LogP contribution < -0.4 is 5.73 Å². The zero-order valence-corrected chi connectivity index (χ0v) is 12.6. The van der Waals surface area contributed by atoms with Gasteiger partial charge in [-0.15, -0.1) is 10.2 Å². The molecule has 0 aromatic carbocycles. The van der Waals surface area contributed by atoms with Crippen LogP contribution in [0, 0.1) is 0 Å². The number of aromatic nitrogens is 2. The summed E-state index contributed by atoms with van der Waals surface area (Å²) < 4.78 is 26.2. The Balaban J connectivity index is 2.90. The van der Waals surface area contributed by atoms with Crippen molar-refractivity contribution in [3.05, 3.63) is 0 Å². The Labute approximate surface area is 112 Å². The summed E-state index contributed by atoms with van der Waals surface area (Å²) in [4.78, 5) is 0. The van der Waals surface area contributed by atoms with E-state index in [1.807, 2.05) is 13.8 Å². The van der Waals surface area contributed by atoms with Gasteiger partial charge in [-0.1, -0.05) is 31.1 Å². The molecule has 18 heavy (non-hydrogen) atoms. The Kier molecular flexibility index (Phi) is 5.48. The number of unbranched alkanes of at least 4 members (excludes halogenated alkanes) is 2. The number of nitrogen functional groups attached to an aromatic ring is 1. The molecule has 6 nitrogen and oxygen atoms in total. The second kappa shape index (κ2) is 6.44. The Morgan fingerprint density at radius 2 is 2.00 bits per heavy atom. The van der Waals surface area contributed by atoms with E-state index >= 15 is 0 Å². The third-order valence-electron chi connectivity index (χ3n) is 2.51. The van der Waals surface area contributed by atoms with Crippen molar-refractivity contribution in [3.63, 3.8) is 0 Å². The van der Waals surface area contributed by atoms with Crippen LogP contribution in [0.15, 0.2) is 4.34 Å². The summed E-state index contributed by atoms with van der Waals surface area (Å²) in [7, 11) is -3.56. The highest BCUT2D eigenvalue weighted by Crippen LogP contribution is 2.23. The van der Waals surface area contributed by atoms with Gasteiger partial charge in [-0.2, -0.15) is 4.31 Å². The molecule has 8 heteroatoms. The number of hydrogen-bond donors (Lipinski definition) is 1. The average molecular weight is 292 g/mol. The SMILES string of the molecule is CCCCCN(C(C)C)S(=O)(=O)c1nnc(N)s1. The molecule has 0 aliphatic heterocycles. The fraction of sp³-hybridized carbons (Fsp3) is 0.800. The Hall–Kier alpha value is -0.730. The van der Waals surface area contributed by atoms with Crippen LogP contribution in [0.25, 0.3) is 0 Å². The first-order chi connectivity index (χ1) is 8.39. The second-order valence-electron chi connectivity index (χ2n) is 4.32. The molecule has 1 aromatic rings. The molecule has 0 bridgehead atoms. The minimum absolute atomic E-state index is 0.0230. The number of nitrogens with zero attached hydrogens (tertiary/aromatic N) is 3. The highest BCUT2D eigenvalue weighted by Gasteiger charge is 2.29. The molecule has 0 amide bonds. The molecule has 0 aliphatic carbocycles. The normalized spacial score (nSPS) is 12.5. The Morgan fingerprint density at radius 1 is 1.33 bits per heavy atom. The standard InChI is InChI=1S/C10H20N4O2S2/c1-4-5-6-7-14(8(2)3)18(15,16)10-13-12-9(11)17-10/h8H,4-7H2,1-3H3,(H2,11,12). The predicted octanol–water partition coefficient (Wildman–Crippen LogP) is 1.71. The van der Waals surface area contributed by atoms with Crippen molar-refractivity contribution >= 4 is 26.5 Å². The number of anilines is 1. The summed E-state index contributed by atoms with van der Waals surface area (Å²) in [5.41, 5.74) is 5.44. The van der Waals surface area contributed by atoms with Crippen LogP contribution in [0.3, 0.4) is 0 Å². The van der Waals surface area contributed by atoms with Gasteiger partial charge in [0.25, 0.3) is 10.0 Å². The summed E-state index contributed by atoms with van der Waals surface area (Å²) in [6.07, 6.45) is 2.91. The summed E-state index contributed by atoms with van der Waals surface area (Å²) in [6, 6.07) is -0.100. The molecule has 1 heterocycles. The minimum atomic E-state index is -3.56. The fourth-order valence-electron chi connectivity index (χ4n) is 1.60. The predicted molar refractivity (Wildman–Crippen MR) is 72.9 cm³/mol. The van der Waals surface area contributed by atoms with Crippen LogP contribution in [0.5, 0.6) is 0 Å². The summed E-state index contributed by atoms with van der Waals surface area (Å²) in [5.74, 6) is 0. The van der Waals surface area contributed by atoms with E-state index in [0.717, 1.165) is 30.6 Å². The highest BCUT2D eigenvalue weighted by atomic mass is 32.2. The molecule has 1 aromatic heterocycles. The molecule has 2 N–H and O–H groups in total. The maximum Gasteiger partial charge on any atom is 0.272 e. The van der Waals surface area contributed by atoms with E-state index in [1.165, 1.54) is 4.31 Å². The topological polar surface area (TPSA) is 89.2 Å². The first-order valence-corrected chi connectivity index (χ1v) is 8.26. The monoisotopic (exact) mass is 292 g/mol. The molecule has 0 unspecified atom stereocenters. The van der Waals surface area contributed by atoms with Crippen molar-refractivity contribution in [2.45, 2.75) is 50.4 Å². The molecule has 0 fully saturated rings. The van der Waals surface area contributed by atoms with Crippen molar-refractivity contribution in [1.82, 2.24) is 14.5 Å². The maximum absolute atomic E-state index is 12.4. The lowest BCUT2D eigenvalue weighted by atomic mass is 10.2. The van der Waals surface area contributed by atoms with Gasteiger partial charge in [0.1, 0.15) is 0 Å². The van der Waals surface area contributed by atoms with E-state index in [0.29, 0.717) is 6.54 Å². The fourth-order valence-corrected chi connectivity index (χ4v) is 4.17. The molecule has 0 saturated carbocycles. The van der Waals surface area contributed by atoms with E-state index in [1.54, 1.807) is 0 Å². The van der Waals surface area contributed by atoms with Crippen molar-refractivity contribution in [1.29, 1.82) is 0 Å². The van der Waals surface area contributed by atoms with Gasteiger partial charge in [0.05, 0.1) is 0 Å². The van der Waals surface area contributed by atoms with Crippen LogP contribution >= 0.6 is 11.3 Å². The highest BCUT2D eigenvalue weighted by molar-refractivity contribution is 7.91. The van der Waals surface area contributed by atoms with E-state index in [-0.39, 0.29) is 15.5 Å². The molecule has 1 rings (SSSR count). The third kappa shape index (κ3) is 3.63. The van der Waals surface area contributed by atoms with Crippen molar-refractivity contribution in [3.8, 4) is 0 Å². The molecular weight excluding hydrogens is 272 g/mol. The quantitative estimate of drug-likeness (QED) is 0.773. The van der Waals surface area contributed by atoms with Gasteiger partial charge >= 0.3 is 0 Å². The van der Waals surface area contributed by atoms with Crippen LogP contribution in [-0.2, 0) is 10.0 Å². The lowest BCUT2D eigenvalue weighted by Gasteiger charge is -2.24. The van der Waals surface area contributed by atoms with Gasteiger partial charge in [0.15, 0.2) is 0 Å². The number of nitrogens with two attached hydrogens (primary N) is 1. The van der Waals surface area contributed by atoms with Gasteiger partial charge in [-0.05, 0) is 20.3 Å². The van der Waals surface area contributed by atoms with Gasteiger partial charge in [-0.3, -0.25) is 0 Å². The van der Waals surface area contributed by atoms with Crippen molar-refractivity contribution in [2.24, 2.45) is 0 Å². The van der Waals surface area contributed by atoms with Crippen LogP contribution in [-0.4, -0.2) is 35.5 Å². The summed E-state index contributed by atoms with van der Waals surface area (Å²) in [5, 5.41) is 7.37.